The zero-order valence-corrected chi connectivity index (χ0v) is 5.87. The maximum Gasteiger partial charge on any atom is 0.338 e. The summed E-state index contributed by atoms with van der Waals surface area (Å²) in [6.07, 6.45) is 2.15. The molecule has 0 aromatic heterocycles. The van der Waals surface area contributed by atoms with Crippen LogP contribution in [0.3, 0.4) is 0 Å². The van der Waals surface area contributed by atoms with Crippen LogP contribution in [0.2, 0.25) is 0 Å². The van der Waals surface area contributed by atoms with Crippen molar-refractivity contribution in [3.63, 3.8) is 0 Å². The Kier molecular flexibility index (Phi) is 2.00. The molecule has 0 radical (unpaired) electrons. The average Bonchev–Trinajstić information content (AvgIpc) is 2.04. The molecule has 0 spiro atoms. The fourth-order valence-electron chi connectivity index (χ4n) is 0.737. The maximum atomic E-state index is 10.4. The van der Waals surface area contributed by atoms with Crippen LogP contribution in [0.5, 0.6) is 0 Å². The minimum atomic E-state index is -1.28. The lowest BCUT2D eigenvalue weighted by molar-refractivity contribution is -0.136. The minimum absolute atomic E-state index is 0.277. The molecule has 0 saturated heterocycles. The molecule has 6 heteroatoms. The van der Waals surface area contributed by atoms with E-state index in [2.05, 4.69) is 10.9 Å². The third kappa shape index (κ3) is 1.36. The summed E-state index contributed by atoms with van der Waals surface area (Å²) in [6.45, 7) is 0. The van der Waals surface area contributed by atoms with Crippen molar-refractivity contribution in [2.24, 2.45) is 0 Å². The molecular formula is C6H6N2O4. The molecule has 1 heterocycles. The standard InChI is InChI=1S/C6H6N2O4/c9-5(10)3-1-7-8-2-4(3)6(11)12/h1-2,7-8H,(H,9,10)(H,11,12). The van der Waals surface area contributed by atoms with Gasteiger partial charge in [-0.25, -0.2) is 9.59 Å². The van der Waals surface area contributed by atoms with E-state index in [4.69, 9.17) is 10.2 Å². The topological polar surface area (TPSA) is 98.7 Å². The summed E-state index contributed by atoms with van der Waals surface area (Å²) >= 11 is 0. The lowest BCUT2D eigenvalue weighted by atomic mass is 10.1. The molecule has 0 aliphatic carbocycles. The fraction of sp³-hybridized carbons (Fsp3) is 0. The number of hydrogen-bond acceptors (Lipinski definition) is 4. The Morgan fingerprint density at radius 3 is 1.58 bits per heavy atom. The highest BCUT2D eigenvalue weighted by Crippen LogP contribution is 2.10. The van der Waals surface area contributed by atoms with E-state index < -0.39 is 11.9 Å². The van der Waals surface area contributed by atoms with E-state index in [1.165, 1.54) is 0 Å². The van der Waals surface area contributed by atoms with Gasteiger partial charge in [0.1, 0.15) is 0 Å². The number of carboxylic acid groups (broad SMARTS) is 2. The first-order valence-corrected chi connectivity index (χ1v) is 3.01. The largest absolute Gasteiger partial charge is 0.478 e. The van der Waals surface area contributed by atoms with Gasteiger partial charge < -0.3 is 21.1 Å². The summed E-state index contributed by atoms with van der Waals surface area (Å²) in [6, 6.07) is 0. The molecule has 1 aliphatic rings. The van der Waals surface area contributed by atoms with Crippen LogP contribution < -0.4 is 10.9 Å². The number of aliphatic carboxylic acids is 2. The van der Waals surface area contributed by atoms with Crippen molar-refractivity contribution < 1.29 is 19.8 Å². The van der Waals surface area contributed by atoms with Gasteiger partial charge in [0.25, 0.3) is 0 Å². The third-order valence-electron chi connectivity index (χ3n) is 1.27. The number of carboxylic acids is 2. The average molecular weight is 170 g/mol. The smallest absolute Gasteiger partial charge is 0.338 e. The monoisotopic (exact) mass is 170 g/mol. The van der Waals surface area contributed by atoms with Gasteiger partial charge in [0, 0.05) is 12.4 Å². The van der Waals surface area contributed by atoms with Gasteiger partial charge in [0.15, 0.2) is 0 Å². The van der Waals surface area contributed by atoms with Gasteiger partial charge in [-0.3, -0.25) is 0 Å². The summed E-state index contributed by atoms with van der Waals surface area (Å²) in [5.41, 5.74) is 4.18. The van der Waals surface area contributed by atoms with Crippen LogP contribution in [0, 0.1) is 0 Å². The molecule has 12 heavy (non-hydrogen) atoms. The molecule has 0 aromatic rings. The van der Waals surface area contributed by atoms with Crippen molar-refractivity contribution in [1.82, 2.24) is 10.9 Å². The second kappa shape index (κ2) is 2.95. The zero-order valence-electron chi connectivity index (χ0n) is 5.87. The molecule has 0 fully saturated rings. The van der Waals surface area contributed by atoms with Gasteiger partial charge in [0.05, 0.1) is 11.1 Å². The number of rotatable bonds is 2. The van der Waals surface area contributed by atoms with Gasteiger partial charge >= 0.3 is 11.9 Å². The highest BCUT2D eigenvalue weighted by Gasteiger charge is 2.21. The Labute approximate surface area is 67.2 Å². The predicted molar refractivity (Wildman–Crippen MR) is 37.7 cm³/mol. The van der Waals surface area contributed by atoms with Crippen molar-refractivity contribution >= 4 is 11.9 Å². The molecule has 0 aromatic carbocycles. The molecule has 6 nitrogen and oxygen atoms in total. The molecule has 0 atom stereocenters. The number of hydrazine groups is 1. The SMILES string of the molecule is O=C(O)C1=CNNC=C1C(=O)O. The summed E-state index contributed by atoms with van der Waals surface area (Å²) in [7, 11) is 0. The molecule has 0 bridgehead atoms. The third-order valence-corrected chi connectivity index (χ3v) is 1.27. The number of nitrogens with one attached hydrogen (secondary N) is 2. The summed E-state index contributed by atoms with van der Waals surface area (Å²) < 4.78 is 0. The van der Waals surface area contributed by atoms with Crippen LogP contribution in [0.1, 0.15) is 0 Å². The molecule has 0 amide bonds. The lowest BCUT2D eigenvalue weighted by Crippen LogP contribution is -2.29. The van der Waals surface area contributed by atoms with Crippen LogP contribution in [-0.2, 0) is 9.59 Å². The second-order valence-electron chi connectivity index (χ2n) is 2.02. The van der Waals surface area contributed by atoms with Gasteiger partial charge in [-0.2, -0.15) is 0 Å². The van der Waals surface area contributed by atoms with E-state index in [1.807, 2.05) is 0 Å². The van der Waals surface area contributed by atoms with Crippen LogP contribution >= 0.6 is 0 Å². The van der Waals surface area contributed by atoms with Crippen molar-refractivity contribution in [2.75, 3.05) is 0 Å². The van der Waals surface area contributed by atoms with Crippen LogP contribution in [0.4, 0.5) is 0 Å². The Morgan fingerprint density at radius 1 is 1.00 bits per heavy atom. The van der Waals surface area contributed by atoms with Crippen LogP contribution in [0.25, 0.3) is 0 Å². The van der Waals surface area contributed by atoms with E-state index in [9.17, 15) is 9.59 Å². The van der Waals surface area contributed by atoms with Gasteiger partial charge in [-0.05, 0) is 0 Å². The molecule has 64 valence electrons. The molecule has 4 N–H and O–H groups in total. The van der Waals surface area contributed by atoms with Gasteiger partial charge in [-0.15, -0.1) is 0 Å². The maximum absolute atomic E-state index is 10.4. The first-order valence-electron chi connectivity index (χ1n) is 3.01. The van der Waals surface area contributed by atoms with Crippen molar-refractivity contribution in [1.29, 1.82) is 0 Å². The highest BCUT2D eigenvalue weighted by atomic mass is 16.4. The number of carbonyl (C=O) groups is 2. The molecule has 1 rings (SSSR count). The molecule has 1 aliphatic heterocycles. The van der Waals surface area contributed by atoms with Crippen molar-refractivity contribution in [2.45, 2.75) is 0 Å². The number of hydrogen-bond donors (Lipinski definition) is 4. The molecule has 0 saturated carbocycles. The quantitative estimate of drug-likeness (QED) is 0.425. The predicted octanol–water partition coefficient (Wildman–Crippen LogP) is -0.969. The van der Waals surface area contributed by atoms with Gasteiger partial charge in [0.2, 0.25) is 0 Å². The first-order chi connectivity index (χ1) is 5.63. The lowest BCUT2D eigenvalue weighted by Gasteiger charge is -2.11. The van der Waals surface area contributed by atoms with Crippen molar-refractivity contribution in [3.05, 3.63) is 23.5 Å². The Bertz CT molecular complexity index is 262. The van der Waals surface area contributed by atoms with E-state index in [0.29, 0.717) is 0 Å². The Morgan fingerprint density at radius 2 is 1.33 bits per heavy atom. The Balaban J connectivity index is 2.98. The fourth-order valence-corrected chi connectivity index (χ4v) is 0.737. The van der Waals surface area contributed by atoms with Crippen LogP contribution in [-0.4, -0.2) is 22.2 Å². The Hall–Kier alpha value is -1.98. The minimum Gasteiger partial charge on any atom is -0.478 e. The first kappa shape index (κ1) is 8.12. The highest BCUT2D eigenvalue weighted by molar-refractivity contribution is 6.05. The van der Waals surface area contributed by atoms with Crippen LogP contribution in [0.15, 0.2) is 23.5 Å². The summed E-state index contributed by atoms with van der Waals surface area (Å²) in [5, 5.41) is 17.0. The summed E-state index contributed by atoms with van der Waals surface area (Å²) in [5.74, 6) is -2.56. The van der Waals surface area contributed by atoms with Crippen molar-refractivity contribution in [3.8, 4) is 0 Å². The van der Waals surface area contributed by atoms with E-state index >= 15 is 0 Å². The molecule has 0 unspecified atom stereocenters. The van der Waals surface area contributed by atoms with E-state index in [-0.39, 0.29) is 11.1 Å². The van der Waals surface area contributed by atoms with E-state index in [1.54, 1.807) is 0 Å². The zero-order chi connectivity index (χ0) is 9.14. The summed E-state index contributed by atoms with van der Waals surface area (Å²) in [4.78, 5) is 20.9. The second-order valence-corrected chi connectivity index (χ2v) is 2.02. The van der Waals surface area contributed by atoms with Gasteiger partial charge in [-0.1, -0.05) is 0 Å². The normalized spacial score (nSPS) is 15.0. The van der Waals surface area contributed by atoms with E-state index in [0.717, 1.165) is 12.4 Å². The molecular weight excluding hydrogens is 164 g/mol.